The average Bonchev–Trinajstić information content (AvgIpc) is 2.29. The Kier molecular flexibility index (Phi) is 12.9. The van der Waals surface area contributed by atoms with Crippen molar-refractivity contribution in [3.63, 3.8) is 0 Å². The minimum absolute atomic E-state index is 0.308. The fourth-order valence-electron chi connectivity index (χ4n) is 1.53. The van der Waals surface area contributed by atoms with Crippen LogP contribution in [0.5, 0.6) is 0 Å². The Labute approximate surface area is 101 Å². The van der Waals surface area contributed by atoms with Crippen molar-refractivity contribution in [2.75, 3.05) is 33.4 Å². The van der Waals surface area contributed by atoms with Crippen LogP contribution in [0.3, 0.4) is 0 Å². The summed E-state index contributed by atoms with van der Waals surface area (Å²) in [6.45, 7) is 7.84. The second-order valence-electron chi connectivity index (χ2n) is 4.29. The molecule has 0 aliphatic rings. The van der Waals surface area contributed by atoms with Crippen molar-refractivity contribution in [2.24, 2.45) is 0 Å². The van der Waals surface area contributed by atoms with E-state index in [1.165, 1.54) is 32.1 Å². The van der Waals surface area contributed by atoms with Gasteiger partial charge in [0, 0.05) is 26.8 Å². The second-order valence-corrected chi connectivity index (χ2v) is 4.29. The van der Waals surface area contributed by atoms with Gasteiger partial charge in [-0.25, -0.2) is 0 Å². The number of unbranched alkanes of at least 4 members (excludes halogenated alkanes) is 4. The van der Waals surface area contributed by atoms with Gasteiger partial charge in [0.05, 0.1) is 12.7 Å². The standard InChI is InChI=1S/C13H29NO2/c1-4-5-6-7-8-10-16-13(2)12-14-9-11-15-3/h13-14H,4-12H2,1-3H3. The molecule has 0 saturated heterocycles. The number of nitrogens with one attached hydrogen (secondary N) is 1. The zero-order valence-corrected chi connectivity index (χ0v) is 11.3. The Morgan fingerprint density at radius 2 is 1.81 bits per heavy atom. The number of methoxy groups -OCH3 is 1. The molecule has 0 spiro atoms. The van der Waals surface area contributed by atoms with Gasteiger partial charge in [0.1, 0.15) is 0 Å². The maximum atomic E-state index is 5.70. The first-order valence-corrected chi connectivity index (χ1v) is 6.62. The van der Waals surface area contributed by atoms with E-state index < -0.39 is 0 Å². The summed E-state index contributed by atoms with van der Waals surface area (Å²) in [6.07, 6.45) is 6.82. The van der Waals surface area contributed by atoms with Gasteiger partial charge in [0.15, 0.2) is 0 Å². The molecule has 0 rings (SSSR count). The fraction of sp³-hybridized carbons (Fsp3) is 1.00. The fourth-order valence-corrected chi connectivity index (χ4v) is 1.53. The molecule has 0 amide bonds. The third-order valence-electron chi connectivity index (χ3n) is 2.57. The summed E-state index contributed by atoms with van der Waals surface area (Å²) in [4.78, 5) is 0. The highest BCUT2D eigenvalue weighted by Crippen LogP contribution is 2.03. The Hall–Kier alpha value is -0.120. The molecule has 0 heterocycles. The van der Waals surface area contributed by atoms with E-state index in [9.17, 15) is 0 Å². The van der Waals surface area contributed by atoms with Crippen LogP contribution in [0, 0.1) is 0 Å². The maximum absolute atomic E-state index is 5.70. The van der Waals surface area contributed by atoms with Crippen LogP contribution in [-0.4, -0.2) is 39.5 Å². The number of hydrogen-bond donors (Lipinski definition) is 1. The summed E-state index contributed by atoms with van der Waals surface area (Å²) in [5.74, 6) is 0. The van der Waals surface area contributed by atoms with Gasteiger partial charge in [-0.2, -0.15) is 0 Å². The molecular weight excluding hydrogens is 202 g/mol. The van der Waals surface area contributed by atoms with Crippen molar-refractivity contribution in [3.05, 3.63) is 0 Å². The van der Waals surface area contributed by atoms with Gasteiger partial charge < -0.3 is 14.8 Å². The molecule has 98 valence electrons. The zero-order valence-electron chi connectivity index (χ0n) is 11.3. The second kappa shape index (κ2) is 12.9. The largest absolute Gasteiger partial charge is 0.383 e. The highest BCUT2D eigenvalue weighted by Gasteiger charge is 2.00. The van der Waals surface area contributed by atoms with E-state index in [2.05, 4.69) is 19.2 Å². The summed E-state index contributed by atoms with van der Waals surface area (Å²) >= 11 is 0. The Bertz CT molecular complexity index is 131. The van der Waals surface area contributed by atoms with Gasteiger partial charge in [-0.3, -0.25) is 0 Å². The van der Waals surface area contributed by atoms with Crippen molar-refractivity contribution in [3.8, 4) is 0 Å². The van der Waals surface area contributed by atoms with Crippen molar-refractivity contribution < 1.29 is 9.47 Å². The molecule has 3 heteroatoms. The van der Waals surface area contributed by atoms with Crippen molar-refractivity contribution in [1.82, 2.24) is 5.32 Å². The van der Waals surface area contributed by atoms with E-state index in [0.717, 1.165) is 26.3 Å². The molecule has 0 aromatic carbocycles. The molecule has 16 heavy (non-hydrogen) atoms. The van der Waals surface area contributed by atoms with Crippen molar-refractivity contribution in [2.45, 2.75) is 52.1 Å². The molecule has 0 aromatic heterocycles. The summed E-state index contributed by atoms with van der Waals surface area (Å²) in [6, 6.07) is 0. The first kappa shape index (κ1) is 15.9. The summed E-state index contributed by atoms with van der Waals surface area (Å²) < 4.78 is 10.7. The molecular formula is C13H29NO2. The van der Waals surface area contributed by atoms with Crippen LogP contribution in [0.25, 0.3) is 0 Å². The van der Waals surface area contributed by atoms with Gasteiger partial charge in [0.2, 0.25) is 0 Å². The number of rotatable bonds is 12. The Morgan fingerprint density at radius 1 is 1.06 bits per heavy atom. The summed E-state index contributed by atoms with van der Waals surface area (Å²) in [7, 11) is 1.72. The molecule has 0 aliphatic heterocycles. The topological polar surface area (TPSA) is 30.5 Å². The van der Waals surface area contributed by atoms with Gasteiger partial charge in [-0.1, -0.05) is 32.6 Å². The molecule has 0 saturated carbocycles. The smallest absolute Gasteiger partial charge is 0.0671 e. The Balaban J connectivity index is 3.08. The third kappa shape index (κ3) is 12.0. The van der Waals surface area contributed by atoms with Crippen LogP contribution in [-0.2, 0) is 9.47 Å². The molecule has 0 aliphatic carbocycles. The molecule has 1 N–H and O–H groups in total. The van der Waals surface area contributed by atoms with E-state index in [1.807, 2.05) is 0 Å². The molecule has 0 bridgehead atoms. The lowest BCUT2D eigenvalue weighted by atomic mass is 10.2. The molecule has 3 nitrogen and oxygen atoms in total. The van der Waals surface area contributed by atoms with Gasteiger partial charge >= 0.3 is 0 Å². The maximum Gasteiger partial charge on any atom is 0.0671 e. The normalized spacial score (nSPS) is 12.9. The quantitative estimate of drug-likeness (QED) is 0.524. The van der Waals surface area contributed by atoms with Crippen LogP contribution in [0.2, 0.25) is 0 Å². The highest BCUT2D eigenvalue weighted by molar-refractivity contribution is 4.55. The molecule has 0 fully saturated rings. The lowest BCUT2D eigenvalue weighted by Crippen LogP contribution is -2.29. The number of hydrogen-bond acceptors (Lipinski definition) is 3. The Morgan fingerprint density at radius 3 is 2.50 bits per heavy atom. The first-order valence-electron chi connectivity index (χ1n) is 6.62. The lowest BCUT2D eigenvalue weighted by molar-refractivity contribution is 0.0617. The average molecular weight is 231 g/mol. The monoisotopic (exact) mass is 231 g/mol. The van der Waals surface area contributed by atoms with Gasteiger partial charge in [-0.05, 0) is 13.3 Å². The predicted octanol–water partition coefficient (Wildman–Crippen LogP) is 2.60. The van der Waals surface area contributed by atoms with E-state index in [4.69, 9.17) is 9.47 Å². The SMILES string of the molecule is CCCCCCCOC(C)CNCCOC. The van der Waals surface area contributed by atoms with E-state index >= 15 is 0 Å². The van der Waals surface area contributed by atoms with Crippen LogP contribution >= 0.6 is 0 Å². The molecule has 1 atom stereocenters. The summed E-state index contributed by atoms with van der Waals surface area (Å²) in [5.41, 5.74) is 0. The first-order chi connectivity index (χ1) is 7.81. The van der Waals surface area contributed by atoms with E-state index in [0.29, 0.717) is 6.10 Å². The van der Waals surface area contributed by atoms with E-state index in [-0.39, 0.29) is 0 Å². The third-order valence-corrected chi connectivity index (χ3v) is 2.57. The zero-order chi connectivity index (χ0) is 12.1. The van der Waals surface area contributed by atoms with E-state index in [1.54, 1.807) is 7.11 Å². The van der Waals surface area contributed by atoms with Crippen LogP contribution in [0.4, 0.5) is 0 Å². The summed E-state index contributed by atoms with van der Waals surface area (Å²) in [5, 5.41) is 3.30. The minimum Gasteiger partial charge on any atom is -0.383 e. The number of ether oxygens (including phenoxy) is 2. The molecule has 0 aromatic rings. The predicted molar refractivity (Wildman–Crippen MR) is 68.9 cm³/mol. The van der Waals surface area contributed by atoms with Crippen LogP contribution in [0.1, 0.15) is 46.0 Å². The minimum atomic E-state index is 0.308. The highest BCUT2D eigenvalue weighted by atomic mass is 16.5. The van der Waals surface area contributed by atoms with Crippen LogP contribution < -0.4 is 5.32 Å². The van der Waals surface area contributed by atoms with Gasteiger partial charge in [-0.15, -0.1) is 0 Å². The van der Waals surface area contributed by atoms with Crippen molar-refractivity contribution in [1.29, 1.82) is 0 Å². The lowest BCUT2D eigenvalue weighted by Gasteiger charge is -2.13. The van der Waals surface area contributed by atoms with Crippen molar-refractivity contribution >= 4 is 0 Å². The van der Waals surface area contributed by atoms with Crippen LogP contribution in [0.15, 0.2) is 0 Å². The van der Waals surface area contributed by atoms with Gasteiger partial charge in [0.25, 0.3) is 0 Å². The molecule has 1 unspecified atom stereocenters. The molecule has 0 radical (unpaired) electrons.